The summed E-state index contributed by atoms with van der Waals surface area (Å²) in [5, 5.41) is 0. The lowest BCUT2D eigenvalue weighted by Gasteiger charge is -2.20. The van der Waals surface area contributed by atoms with Crippen molar-refractivity contribution in [1.29, 1.82) is 0 Å². The topological polar surface area (TPSA) is 17.1 Å². The Hall–Kier alpha value is -0.630. The van der Waals surface area contributed by atoms with Crippen molar-refractivity contribution in [3.63, 3.8) is 0 Å². The molecule has 1 atom stereocenters. The standard InChI is InChI=1S/C14H19BrO/c1-9-6-7-11(14(3,4)5)8-12(9)13(16)10(2)15/h6-8,10H,1-5H3. The van der Waals surface area contributed by atoms with E-state index in [-0.39, 0.29) is 16.0 Å². The van der Waals surface area contributed by atoms with Crippen molar-refractivity contribution in [1.82, 2.24) is 0 Å². The van der Waals surface area contributed by atoms with Crippen LogP contribution in [0, 0.1) is 6.92 Å². The van der Waals surface area contributed by atoms with Crippen LogP contribution in [0.3, 0.4) is 0 Å². The lowest BCUT2D eigenvalue weighted by molar-refractivity contribution is 0.0995. The van der Waals surface area contributed by atoms with Crippen LogP contribution in [0.25, 0.3) is 0 Å². The van der Waals surface area contributed by atoms with Gasteiger partial charge in [0.1, 0.15) is 0 Å². The van der Waals surface area contributed by atoms with Crippen LogP contribution in [0.1, 0.15) is 49.2 Å². The summed E-state index contributed by atoms with van der Waals surface area (Å²) in [4.78, 5) is 11.9. The fraction of sp³-hybridized carbons (Fsp3) is 0.500. The van der Waals surface area contributed by atoms with Gasteiger partial charge in [-0.25, -0.2) is 0 Å². The van der Waals surface area contributed by atoms with E-state index in [1.165, 1.54) is 5.56 Å². The number of hydrogen-bond donors (Lipinski definition) is 0. The van der Waals surface area contributed by atoms with Gasteiger partial charge in [0, 0.05) is 5.56 Å². The second-order valence-corrected chi connectivity index (χ2v) is 6.63. The Balaban J connectivity index is 3.25. The van der Waals surface area contributed by atoms with Crippen molar-refractivity contribution in [2.75, 3.05) is 0 Å². The fourth-order valence-corrected chi connectivity index (χ4v) is 1.81. The molecule has 88 valence electrons. The molecule has 0 N–H and O–H groups in total. The highest BCUT2D eigenvalue weighted by molar-refractivity contribution is 9.10. The molecule has 0 bridgehead atoms. The number of hydrogen-bond acceptors (Lipinski definition) is 1. The molecule has 1 nitrogen and oxygen atoms in total. The van der Waals surface area contributed by atoms with Crippen molar-refractivity contribution in [2.24, 2.45) is 0 Å². The number of benzene rings is 1. The van der Waals surface area contributed by atoms with Crippen LogP contribution in [0.4, 0.5) is 0 Å². The minimum absolute atomic E-state index is 0.0816. The van der Waals surface area contributed by atoms with E-state index in [1.54, 1.807) is 0 Å². The van der Waals surface area contributed by atoms with Gasteiger partial charge in [0.05, 0.1) is 4.83 Å². The van der Waals surface area contributed by atoms with Crippen molar-refractivity contribution in [2.45, 2.75) is 44.9 Å². The third-order valence-electron chi connectivity index (χ3n) is 2.73. The largest absolute Gasteiger partial charge is 0.293 e. The molecule has 0 saturated heterocycles. The number of halogens is 1. The quantitative estimate of drug-likeness (QED) is 0.585. The highest BCUT2D eigenvalue weighted by Gasteiger charge is 2.19. The van der Waals surface area contributed by atoms with E-state index >= 15 is 0 Å². The third-order valence-corrected chi connectivity index (χ3v) is 3.15. The predicted molar refractivity (Wildman–Crippen MR) is 72.6 cm³/mol. The summed E-state index contributed by atoms with van der Waals surface area (Å²) >= 11 is 3.34. The molecular formula is C14H19BrO. The normalized spacial score (nSPS) is 13.6. The molecule has 16 heavy (non-hydrogen) atoms. The SMILES string of the molecule is Cc1ccc(C(C)(C)C)cc1C(=O)C(C)Br. The molecule has 0 amide bonds. The van der Waals surface area contributed by atoms with Gasteiger partial charge in [-0.3, -0.25) is 4.79 Å². The van der Waals surface area contributed by atoms with Crippen molar-refractivity contribution >= 4 is 21.7 Å². The lowest BCUT2D eigenvalue weighted by atomic mass is 9.84. The maximum atomic E-state index is 12.0. The lowest BCUT2D eigenvalue weighted by Crippen LogP contribution is -2.16. The molecule has 2 heteroatoms. The van der Waals surface area contributed by atoms with Crippen LogP contribution in [0.2, 0.25) is 0 Å². The zero-order chi connectivity index (χ0) is 12.5. The van der Waals surface area contributed by atoms with E-state index < -0.39 is 0 Å². The third kappa shape index (κ3) is 2.94. The Bertz CT molecular complexity index is 400. The molecule has 1 aromatic carbocycles. The van der Waals surface area contributed by atoms with E-state index in [1.807, 2.05) is 26.0 Å². The highest BCUT2D eigenvalue weighted by Crippen LogP contribution is 2.25. The predicted octanol–water partition coefficient (Wildman–Crippen LogP) is 4.26. The first-order chi connectivity index (χ1) is 7.23. The van der Waals surface area contributed by atoms with Crippen LogP contribution >= 0.6 is 15.9 Å². The Morgan fingerprint density at radius 1 is 1.31 bits per heavy atom. The summed E-state index contributed by atoms with van der Waals surface area (Å²) in [6, 6.07) is 6.16. The average molecular weight is 283 g/mol. The average Bonchev–Trinajstić information content (AvgIpc) is 2.15. The molecule has 0 heterocycles. The zero-order valence-corrected chi connectivity index (χ0v) is 12.2. The van der Waals surface area contributed by atoms with Gasteiger partial charge in [-0.05, 0) is 36.5 Å². The summed E-state index contributed by atoms with van der Waals surface area (Å²) in [6.45, 7) is 10.3. The van der Waals surface area contributed by atoms with Crippen LogP contribution < -0.4 is 0 Å². The summed E-state index contributed by atoms with van der Waals surface area (Å²) in [6.07, 6.45) is 0. The van der Waals surface area contributed by atoms with Gasteiger partial charge in [-0.1, -0.05) is 48.8 Å². The van der Waals surface area contributed by atoms with Crippen molar-refractivity contribution < 1.29 is 4.79 Å². The maximum Gasteiger partial charge on any atom is 0.176 e. The molecule has 1 aromatic rings. The molecule has 0 saturated carbocycles. The van der Waals surface area contributed by atoms with Crippen LogP contribution in [-0.4, -0.2) is 10.6 Å². The number of carbonyl (C=O) groups is 1. The summed E-state index contributed by atoms with van der Waals surface area (Å²) < 4.78 is 0. The molecule has 0 radical (unpaired) electrons. The number of rotatable bonds is 2. The van der Waals surface area contributed by atoms with E-state index in [4.69, 9.17) is 0 Å². The number of aryl methyl sites for hydroxylation is 1. The van der Waals surface area contributed by atoms with E-state index in [0.29, 0.717) is 0 Å². The minimum Gasteiger partial charge on any atom is -0.293 e. The van der Waals surface area contributed by atoms with E-state index in [0.717, 1.165) is 11.1 Å². The summed E-state index contributed by atoms with van der Waals surface area (Å²) in [5.74, 6) is 0.156. The number of carbonyl (C=O) groups excluding carboxylic acids is 1. The summed E-state index contributed by atoms with van der Waals surface area (Å²) in [7, 11) is 0. The first kappa shape index (κ1) is 13.4. The summed E-state index contributed by atoms with van der Waals surface area (Å²) in [5.41, 5.74) is 3.16. The van der Waals surface area contributed by atoms with E-state index in [9.17, 15) is 4.79 Å². The Morgan fingerprint density at radius 3 is 2.31 bits per heavy atom. The zero-order valence-electron chi connectivity index (χ0n) is 10.6. The molecule has 1 unspecified atom stereocenters. The number of Topliss-reactive ketones (excluding diaryl/α,β-unsaturated/α-hetero) is 1. The molecule has 0 aromatic heterocycles. The van der Waals surface area contributed by atoms with Gasteiger partial charge in [0.15, 0.2) is 5.78 Å². The van der Waals surface area contributed by atoms with Gasteiger partial charge in [-0.15, -0.1) is 0 Å². The molecule has 1 rings (SSSR count). The van der Waals surface area contributed by atoms with Crippen molar-refractivity contribution in [3.8, 4) is 0 Å². The fourth-order valence-electron chi connectivity index (χ4n) is 1.57. The van der Waals surface area contributed by atoms with Crippen LogP contribution in [0.5, 0.6) is 0 Å². The first-order valence-electron chi connectivity index (χ1n) is 5.53. The highest BCUT2D eigenvalue weighted by atomic mass is 79.9. The number of alkyl halides is 1. The molecule has 0 aliphatic carbocycles. The van der Waals surface area contributed by atoms with Gasteiger partial charge < -0.3 is 0 Å². The Labute approximate surface area is 106 Å². The maximum absolute atomic E-state index is 12.0. The second-order valence-electron chi connectivity index (χ2n) is 5.26. The van der Waals surface area contributed by atoms with Crippen LogP contribution in [-0.2, 0) is 5.41 Å². The second kappa shape index (κ2) is 4.70. The van der Waals surface area contributed by atoms with Crippen LogP contribution in [0.15, 0.2) is 18.2 Å². The first-order valence-corrected chi connectivity index (χ1v) is 6.44. The monoisotopic (exact) mass is 282 g/mol. The minimum atomic E-state index is -0.124. The van der Waals surface area contributed by atoms with E-state index in [2.05, 4.69) is 42.8 Å². The van der Waals surface area contributed by atoms with Gasteiger partial charge in [-0.2, -0.15) is 0 Å². The van der Waals surface area contributed by atoms with Gasteiger partial charge >= 0.3 is 0 Å². The molecule has 0 fully saturated rings. The smallest absolute Gasteiger partial charge is 0.176 e. The number of ketones is 1. The molecular weight excluding hydrogens is 264 g/mol. The molecule has 0 aliphatic rings. The Kier molecular flexibility index (Phi) is 3.95. The Morgan fingerprint density at radius 2 is 1.88 bits per heavy atom. The molecule has 0 spiro atoms. The van der Waals surface area contributed by atoms with Gasteiger partial charge in [0.2, 0.25) is 0 Å². The molecule has 0 aliphatic heterocycles. The van der Waals surface area contributed by atoms with Crippen molar-refractivity contribution in [3.05, 3.63) is 34.9 Å². The van der Waals surface area contributed by atoms with Gasteiger partial charge in [0.25, 0.3) is 0 Å².